The third kappa shape index (κ3) is 4.58. The van der Waals surface area contributed by atoms with Gasteiger partial charge in [0.2, 0.25) is 0 Å². The molecule has 4 heteroatoms. The maximum absolute atomic E-state index is 5.53. The summed E-state index contributed by atoms with van der Waals surface area (Å²) in [6.45, 7) is 4.17. The van der Waals surface area contributed by atoms with E-state index in [9.17, 15) is 0 Å². The van der Waals surface area contributed by atoms with Crippen molar-refractivity contribution in [2.75, 3.05) is 0 Å². The highest BCUT2D eigenvalue weighted by molar-refractivity contribution is 6.24. The van der Waals surface area contributed by atoms with Crippen molar-refractivity contribution in [1.82, 2.24) is 9.38 Å². The Labute approximate surface area is 302 Å². The lowest BCUT2D eigenvalue weighted by Gasteiger charge is -2.17. The quantitative estimate of drug-likeness (QED) is 0.163. The van der Waals surface area contributed by atoms with Gasteiger partial charge in [-0.1, -0.05) is 109 Å². The molecule has 0 fully saturated rings. The fourth-order valence-corrected chi connectivity index (χ4v) is 8.37. The molecule has 0 spiro atoms. The third-order valence-electron chi connectivity index (χ3n) is 10.6. The van der Waals surface area contributed by atoms with Gasteiger partial charge in [-0.05, 0) is 78.1 Å². The second-order valence-electron chi connectivity index (χ2n) is 13.5. The number of aryl methyl sites for hydroxylation is 1. The summed E-state index contributed by atoms with van der Waals surface area (Å²) in [6, 6.07) is 52.1. The summed E-state index contributed by atoms with van der Waals surface area (Å²) >= 11 is 0. The molecular formula is C48H34N4. The molecular weight excluding hydrogens is 633 g/mol. The van der Waals surface area contributed by atoms with Crippen molar-refractivity contribution >= 4 is 61.4 Å². The van der Waals surface area contributed by atoms with Crippen LogP contribution in [0.2, 0.25) is 0 Å². The van der Waals surface area contributed by atoms with Crippen LogP contribution in [0.3, 0.4) is 0 Å². The zero-order valence-electron chi connectivity index (χ0n) is 29.0. The number of allylic oxidation sites excluding steroid dienone is 1. The Bertz CT molecular complexity index is 2940. The van der Waals surface area contributed by atoms with E-state index in [0.717, 1.165) is 45.9 Å². The molecule has 246 valence electrons. The van der Waals surface area contributed by atoms with Crippen molar-refractivity contribution in [2.45, 2.75) is 20.3 Å². The highest BCUT2D eigenvalue weighted by Gasteiger charge is 2.27. The molecule has 4 nitrogen and oxygen atoms in total. The van der Waals surface area contributed by atoms with Crippen molar-refractivity contribution in [3.8, 4) is 22.3 Å². The van der Waals surface area contributed by atoms with Crippen LogP contribution >= 0.6 is 0 Å². The summed E-state index contributed by atoms with van der Waals surface area (Å²) in [7, 11) is 0. The number of hydrogen-bond donors (Lipinski definition) is 0. The number of pyridine rings is 1. The standard InChI is InChI=1S/C48H34N4/c1-3-49-46-34-16-5-4-15-31(34)29-40(46)47(42-23-10-11-27-50-42)51-41-22-8-6-18-38(41)45-30(2)14-12-19-33(45)32-25-26-44-39(28-32)37-21-13-20-36-35-17-7-9-24-43(35)52(44)48(36)37/h3-28H,29H2,1-2H3. The van der Waals surface area contributed by atoms with Crippen LogP contribution < -0.4 is 0 Å². The van der Waals surface area contributed by atoms with Crippen molar-refractivity contribution in [1.29, 1.82) is 0 Å². The number of para-hydroxylation sites is 3. The number of aliphatic imine (C=N–C) groups is 2. The second kappa shape index (κ2) is 12.0. The SMILES string of the molecule is CC=NC1=C(C(=Nc2ccccc2-c2c(C)cccc2-c2ccc3c(c2)c2cccc4c5ccccc5n3c42)c2ccccn2)Cc2ccccc21. The van der Waals surface area contributed by atoms with Gasteiger partial charge in [0.15, 0.2) is 0 Å². The predicted molar refractivity (Wildman–Crippen MR) is 218 cm³/mol. The molecule has 0 bridgehead atoms. The summed E-state index contributed by atoms with van der Waals surface area (Å²) in [5.41, 5.74) is 16.6. The third-order valence-corrected chi connectivity index (χ3v) is 10.6. The van der Waals surface area contributed by atoms with Crippen LogP contribution in [0.4, 0.5) is 5.69 Å². The Balaban J connectivity index is 1.18. The molecule has 0 N–H and O–H groups in total. The lowest BCUT2D eigenvalue weighted by atomic mass is 9.89. The van der Waals surface area contributed by atoms with E-state index in [0.29, 0.717) is 0 Å². The van der Waals surface area contributed by atoms with Gasteiger partial charge < -0.3 is 4.40 Å². The fourth-order valence-electron chi connectivity index (χ4n) is 8.37. The van der Waals surface area contributed by atoms with Gasteiger partial charge in [0, 0.05) is 57.1 Å². The minimum atomic E-state index is 0.746. The van der Waals surface area contributed by atoms with Gasteiger partial charge in [0.1, 0.15) is 0 Å². The largest absolute Gasteiger partial charge is 0.308 e. The normalized spacial score (nSPS) is 13.5. The molecule has 3 heterocycles. The maximum Gasteiger partial charge on any atom is 0.0950 e. The topological polar surface area (TPSA) is 42.0 Å². The van der Waals surface area contributed by atoms with Gasteiger partial charge >= 0.3 is 0 Å². The Morgan fingerprint density at radius 3 is 2.23 bits per heavy atom. The van der Waals surface area contributed by atoms with Crippen molar-refractivity contribution < 1.29 is 0 Å². The van der Waals surface area contributed by atoms with Crippen molar-refractivity contribution in [2.24, 2.45) is 9.98 Å². The zero-order valence-corrected chi connectivity index (χ0v) is 29.0. The van der Waals surface area contributed by atoms with Crippen LogP contribution in [0.25, 0.3) is 66.0 Å². The van der Waals surface area contributed by atoms with Gasteiger partial charge in [-0.3, -0.25) is 9.98 Å². The van der Waals surface area contributed by atoms with Gasteiger partial charge in [0.25, 0.3) is 0 Å². The lowest BCUT2D eigenvalue weighted by Crippen LogP contribution is -2.08. The fraction of sp³-hybridized carbons (Fsp3) is 0.0625. The zero-order chi connectivity index (χ0) is 34.8. The van der Waals surface area contributed by atoms with E-state index in [1.54, 1.807) is 0 Å². The highest BCUT2D eigenvalue weighted by Crippen LogP contribution is 2.44. The van der Waals surface area contributed by atoms with Crippen LogP contribution in [0.5, 0.6) is 0 Å². The number of aromatic nitrogens is 2. The Hall–Kier alpha value is -6.65. The average molecular weight is 667 g/mol. The molecule has 0 atom stereocenters. The van der Waals surface area contributed by atoms with Crippen molar-refractivity contribution in [3.05, 3.63) is 180 Å². The number of rotatable bonds is 6. The minimum Gasteiger partial charge on any atom is -0.308 e. The molecule has 3 aromatic heterocycles. The number of benzene rings is 6. The van der Waals surface area contributed by atoms with E-state index in [-0.39, 0.29) is 0 Å². The molecule has 0 radical (unpaired) electrons. The van der Waals surface area contributed by atoms with Gasteiger partial charge in [-0.25, -0.2) is 4.99 Å². The van der Waals surface area contributed by atoms with Gasteiger partial charge in [-0.2, -0.15) is 0 Å². The first kappa shape index (κ1) is 30.2. The van der Waals surface area contributed by atoms with E-state index >= 15 is 0 Å². The number of nitrogens with zero attached hydrogens (tertiary/aromatic N) is 4. The predicted octanol–water partition coefficient (Wildman–Crippen LogP) is 12.1. The minimum absolute atomic E-state index is 0.746. The molecule has 1 aliphatic rings. The molecule has 0 saturated carbocycles. The Morgan fingerprint density at radius 1 is 0.654 bits per heavy atom. The number of fused-ring (bicyclic) bond motifs is 7. The van der Waals surface area contributed by atoms with Crippen LogP contribution in [-0.2, 0) is 6.42 Å². The van der Waals surface area contributed by atoms with E-state index in [2.05, 4.69) is 139 Å². The van der Waals surface area contributed by atoms with E-state index in [1.165, 1.54) is 65.9 Å². The average Bonchev–Trinajstić information content (AvgIpc) is 3.85. The smallest absolute Gasteiger partial charge is 0.0950 e. The van der Waals surface area contributed by atoms with Gasteiger partial charge in [-0.15, -0.1) is 0 Å². The lowest BCUT2D eigenvalue weighted by molar-refractivity contribution is 1.23. The molecule has 0 amide bonds. The molecule has 52 heavy (non-hydrogen) atoms. The number of hydrogen-bond acceptors (Lipinski definition) is 3. The Morgan fingerprint density at radius 2 is 1.37 bits per heavy atom. The molecule has 6 aromatic carbocycles. The second-order valence-corrected chi connectivity index (χ2v) is 13.5. The van der Waals surface area contributed by atoms with E-state index in [4.69, 9.17) is 15.0 Å². The van der Waals surface area contributed by atoms with Crippen molar-refractivity contribution in [3.63, 3.8) is 0 Å². The highest BCUT2D eigenvalue weighted by atomic mass is 14.9. The van der Waals surface area contributed by atoms with E-state index in [1.807, 2.05) is 37.5 Å². The van der Waals surface area contributed by atoms with Crippen LogP contribution in [0.15, 0.2) is 167 Å². The maximum atomic E-state index is 5.53. The summed E-state index contributed by atoms with van der Waals surface area (Å²) in [5, 5.41) is 5.13. The molecule has 0 aliphatic heterocycles. The summed E-state index contributed by atoms with van der Waals surface area (Å²) in [4.78, 5) is 15.3. The van der Waals surface area contributed by atoms with Crippen LogP contribution in [0, 0.1) is 6.92 Å². The molecule has 0 unspecified atom stereocenters. The van der Waals surface area contributed by atoms with E-state index < -0.39 is 0 Å². The first-order chi connectivity index (χ1) is 25.7. The van der Waals surface area contributed by atoms with Gasteiger partial charge in [0.05, 0.1) is 39.3 Å². The van der Waals surface area contributed by atoms with Crippen LogP contribution in [-0.4, -0.2) is 21.3 Å². The monoisotopic (exact) mass is 666 g/mol. The first-order valence-electron chi connectivity index (χ1n) is 17.9. The molecule has 0 saturated heterocycles. The van der Waals surface area contributed by atoms with Crippen LogP contribution in [0.1, 0.15) is 29.3 Å². The summed E-state index contributed by atoms with van der Waals surface area (Å²) < 4.78 is 2.44. The first-order valence-corrected chi connectivity index (χ1v) is 17.9. The summed E-state index contributed by atoms with van der Waals surface area (Å²) in [6.07, 6.45) is 4.46. The molecule has 1 aliphatic carbocycles. The molecule has 9 aromatic rings. The molecule has 10 rings (SSSR count). The summed E-state index contributed by atoms with van der Waals surface area (Å²) in [5.74, 6) is 0. The Kier molecular flexibility index (Phi) is 6.97.